The van der Waals surface area contributed by atoms with E-state index in [9.17, 15) is 19.5 Å². The zero-order valence-corrected chi connectivity index (χ0v) is 18.0. The maximum Gasteiger partial charge on any atom is 0.335 e. The van der Waals surface area contributed by atoms with E-state index in [2.05, 4.69) is 21.2 Å². The number of barbiturate groups is 1. The number of rotatable bonds is 3. The normalized spacial score (nSPS) is 15.7. The summed E-state index contributed by atoms with van der Waals surface area (Å²) in [5.74, 6) is -1.84. The summed E-state index contributed by atoms with van der Waals surface area (Å²) in [7, 11) is 1.34. The molecule has 2 aromatic rings. The smallest absolute Gasteiger partial charge is 0.335 e. The number of methoxy groups -OCH3 is 1. The third-order valence-corrected chi connectivity index (χ3v) is 5.99. The van der Waals surface area contributed by atoms with Crippen LogP contribution in [0.1, 0.15) is 16.7 Å². The van der Waals surface area contributed by atoms with Crippen LogP contribution in [0.2, 0.25) is 5.02 Å². The highest BCUT2D eigenvalue weighted by atomic mass is 79.9. The first-order valence-electron chi connectivity index (χ1n) is 8.39. The van der Waals surface area contributed by atoms with Gasteiger partial charge >= 0.3 is 6.03 Å². The Morgan fingerprint density at radius 1 is 1.17 bits per heavy atom. The maximum atomic E-state index is 13.0. The number of hydrogen-bond donors (Lipinski definition) is 2. The van der Waals surface area contributed by atoms with Crippen LogP contribution in [0.5, 0.6) is 11.5 Å². The highest BCUT2D eigenvalue weighted by molar-refractivity contribution is 9.10. The molecular formula is C20H16BrClN2O5. The lowest BCUT2D eigenvalue weighted by Crippen LogP contribution is -2.54. The Bertz CT molecular complexity index is 1100. The van der Waals surface area contributed by atoms with E-state index in [4.69, 9.17) is 16.3 Å². The van der Waals surface area contributed by atoms with Gasteiger partial charge in [-0.15, -0.1) is 0 Å². The molecule has 9 heteroatoms. The number of nitrogens with one attached hydrogen (secondary N) is 1. The van der Waals surface area contributed by atoms with E-state index in [-0.39, 0.29) is 26.6 Å². The van der Waals surface area contributed by atoms with E-state index in [1.165, 1.54) is 19.3 Å². The number of nitrogens with zero attached hydrogens (tertiary/aromatic N) is 1. The van der Waals surface area contributed by atoms with Crippen LogP contribution in [0, 0.1) is 13.8 Å². The summed E-state index contributed by atoms with van der Waals surface area (Å²) in [5.41, 5.74) is 2.28. The van der Waals surface area contributed by atoms with Crippen molar-refractivity contribution in [1.82, 2.24) is 5.32 Å². The van der Waals surface area contributed by atoms with E-state index in [1.807, 2.05) is 13.8 Å². The molecule has 1 aliphatic rings. The third-order valence-electron chi connectivity index (χ3n) is 4.54. The van der Waals surface area contributed by atoms with Crippen molar-refractivity contribution >= 4 is 57.1 Å². The van der Waals surface area contributed by atoms with Crippen molar-refractivity contribution in [1.29, 1.82) is 0 Å². The second kappa shape index (κ2) is 7.88. The Morgan fingerprint density at radius 3 is 2.48 bits per heavy atom. The number of urea groups is 1. The van der Waals surface area contributed by atoms with Crippen LogP contribution in [-0.2, 0) is 9.59 Å². The van der Waals surface area contributed by atoms with Crippen LogP contribution in [0.15, 0.2) is 34.3 Å². The van der Waals surface area contributed by atoms with Gasteiger partial charge in [0.15, 0.2) is 11.5 Å². The maximum absolute atomic E-state index is 13.0. The minimum absolute atomic E-state index is 0.0399. The fraction of sp³-hybridized carbons (Fsp3) is 0.150. The molecule has 150 valence electrons. The fourth-order valence-corrected chi connectivity index (χ4v) is 3.40. The van der Waals surface area contributed by atoms with Crippen LogP contribution < -0.4 is 15.0 Å². The number of carbonyl (C=O) groups is 3. The average Bonchev–Trinajstić information content (AvgIpc) is 2.67. The highest BCUT2D eigenvalue weighted by Gasteiger charge is 2.37. The van der Waals surface area contributed by atoms with Gasteiger partial charge in [-0.05, 0) is 70.7 Å². The van der Waals surface area contributed by atoms with Gasteiger partial charge in [-0.25, -0.2) is 9.69 Å². The van der Waals surface area contributed by atoms with E-state index in [0.29, 0.717) is 11.3 Å². The molecule has 0 spiro atoms. The number of anilines is 1. The van der Waals surface area contributed by atoms with Gasteiger partial charge in [-0.2, -0.15) is 0 Å². The molecule has 29 heavy (non-hydrogen) atoms. The quantitative estimate of drug-likeness (QED) is 0.510. The SMILES string of the molecule is COc1cc(/C=C2\C(=O)NC(=O)N(c3ccc(C)c(C)c3)C2=O)c(Br)c(Cl)c1O. The minimum Gasteiger partial charge on any atom is -0.503 e. The minimum atomic E-state index is -0.838. The summed E-state index contributed by atoms with van der Waals surface area (Å²) in [6.45, 7) is 3.76. The van der Waals surface area contributed by atoms with Crippen molar-refractivity contribution in [2.45, 2.75) is 13.8 Å². The molecule has 1 saturated heterocycles. The number of imide groups is 2. The van der Waals surface area contributed by atoms with Crippen LogP contribution >= 0.6 is 27.5 Å². The summed E-state index contributed by atoms with van der Waals surface area (Å²) in [6.07, 6.45) is 1.27. The fourth-order valence-electron chi connectivity index (χ4n) is 2.78. The number of amides is 4. The molecule has 0 saturated carbocycles. The van der Waals surface area contributed by atoms with Crippen molar-refractivity contribution in [2.75, 3.05) is 12.0 Å². The van der Waals surface area contributed by atoms with Crippen molar-refractivity contribution < 1.29 is 24.2 Å². The first kappa shape index (κ1) is 20.9. The van der Waals surface area contributed by atoms with Crippen LogP contribution in [0.3, 0.4) is 0 Å². The topological polar surface area (TPSA) is 95.9 Å². The van der Waals surface area contributed by atoms with Gasteiger partial charge in [0.25, 0.3) is 11.8 Å². The number of ether oxygens (including phenoxy) is 1. The first-order chi connectivity index (χ1) is 13.6. The Morgan fingerprint density at radius 2 is 1.86 bits per heavy atom. The lowest BCUT2D eigenvalue weighted by Gasteiger charge is -2.27. The van der Waals surface area contributed by atoms with E-state index in [1.54, 1.807) is 18.2 Å². The second-order valence-electron chi connectivity index (χ2n) is 6.37. The number of hydrogen-bond acceptors (Lipinski definition) is 5. The van der Waals surface area contributed by atoms with Crippen LogP contribution in [-0.4, -0.2) is 30.1 Å². The summed E-state index contributed by atoms with van der Waals surface area (Å²) in [6, 6.07) is 5.68. The van der Waals surface area contributed by atoms with E-state index in [0.717, 1.165) is 16.0 Å². The molecule has 0 radical (unpaired) electrons. The van der Waals surface area contributed by atoms with Crippen molar-refractivity contribution in [3.05, 3.63) is 56.0 Å². The van der Waals surface area contributed by atoms with Gasteiger partial charge in [-0.1, -0.05) is 17.7 Å². The Balaban J connectivity index is 2.11. The molecular weight excluding hydrogens is 464 g/mol. The molecule has 0 aromatic heterocycles. The number of aromatic hydroxyl groups is 1. The van der Waals surface area contributed by atoms with Crippen molar-refractivity contribution in [3.8, 4) is 11.5 Å². The highest BCUT2D eigenvalue weighted by Crippen LogP contribution is 2.42. The van der Waals surface area contributed by atoms with Gasteiger partial charge in [0.2, 0.25) is 0 Å². The average molecular weight is 480 g/mol. The molecule has 4 amide bonds. The number of phenolic OH excluding ortho intramolecular Hbond substituents is 1. The predicted octanol–water partition coefficient (Wildman–Crippen LogP) is 4.10. The van der Waals surface area contributed by atoms with Gasteiger partial charge < -0.3 is 9.84 Å². The van der Waals surface area contributed by atoms with Crippen molar-refractivity contribution in [2.24, 2.45) is 0 Å². The lowest BCUT2D eigenvalue weighted by molar-refractivity contribution is -0.122. The zero-order valence-electron chi connectivity index (χ0n) is 15.7. The second-order valence-corrected chi connectivity index (χ2v) is 7.54. The Hall–Kier alpha value is -2.84. The van der Waals surface area contributed by atoms with Crippen molar-refractivity contribution in [3.63, 3.8) is 0 Å². The van der Waals surface area contributed by atoms with Crippen LogP contribution in [0.25, 0.3) is 6.08 Å². The largest absolute Gasteiger partial charge is 0.503 e. The molecule has 0 bridgehead atoms. The Kier molecular flexibility index (Phi) is 5.68. The summed E-state index contributed by atoms with van der Waals surface area (Å²) < 4.78 is 5.33. The number of phenols is 1. The number of carbonyl (C=O) groups excluding carboxylic acids is 3. The molecule has 1 aliphatic heterocycles. The van der Waals surface area contributed by atoms with Gasteiger partial charge in [-0.3, -0.25) is 14.9 Å². The lowest BCUT2D eigenvalue weighted by atomic mass is 10.0. The summed E-state index contributed by atoms with van der Waals surface area (Å²) >= 11 is 9.32. The number of benzene rings is 2. The zero-order chi connectivity index (χ0) is 21.5. The molecule has 3 rings (SSSR count). The molecule has 0 aliphatic carbocycles. The molecule has 1 fully saturated rings. The molecule has 0 atom stereocenters. The van der Waals surface area contributed by atoms with Gasteiger partial charge in [0, 0.05) is 4.47 Å². The first-order valence-corrected chi connectivity index (χ1v) is 9.56. The molecule has 7 nitrogen and oxygen atoms in total. The van der Waals surface area contributed by atoms with Gasteiger partial charge in [0.05, 0.1) is 12.8 Å². The van der Waals surface area contributed by atoms with Gasteiger partial charge in [0.1, 0.15) is 10.6 Å². The van der Waals surface area contributed by atoms with E-state index < -0.39 is 17.8 Å². The summed E-state index contributed by atoms with van der Waals surface area (Å²) in [5, 5.41) is 12.1. The van der Waals surface area contributed by atoms with E-state index >= 15 is 0 Å². The molecule has 2 aromatic carbocycles. The molecule has 2 N–H and O–H groups in total. The predicted molar refractivity (Wildman–Crippen MR) is 112 cm³/mol. The summed E-state index contributed by atoms with van der Waals surface area (Å²) in [4.78, 5) is 38.6. The number of aryl methyl sites for hydroxylation is 2. The monoisotopic (exact) mass is 478 g/mol. The Labute approximate surface area is 180 Å². The standard InChI is InChI=1S/C20H16BrClN2O5/c1-9-4-5-12(6-10(9)2)24-19(27)13(18(26)23-20(24)28)7-11-8-14(29-3)17(25)16(22)15(11)21/h4-8,25H,1-3H3,(H,23,26,28)/b13-7+. The third kappa shape index (κ3) is 3.73. The molecule has 1 heterocycles. The van der Waals surface area contributed by atoms with Crippen LogP contribution in [0.4, 0.5) is 10.5 Å². The number of halogens is 2. The molecule has 0 unspecified atom stereocenters.